The molecule has 3 saturated heterocycles. The van der Waals surface area contributed by atoms with Crippen molar-refractivity contribution in [2.24, 2.45) is 5.92 Å². The first-order chi connectivity index (χ1) is 37.9. The average Bonchev–Trinajstić information content (AvgIpc) is 4.22. The van der Waals surface area contributed by atoms with Gasteiger partial charge in [-0.2, -0.15) is 0 Å². The second kappa shape index (κ2) is 27.7. The Morgan fingerprint density at radius 2 is 1.66 bits per heavy atom. The number of methoxy groups -OCH3 is 2. The first-order valence-corrected chi connectivity index (χ1v) is 27.0. The summed E-state index contributed by atoms with van der Waals surface area (Å²) in [6.07, 6.45) is 3.16. The number of epoxide rings is 1. The van der Waals surface area contributed by atoms with Crippen LogP contribution in [-0.4, -0.2) is 194 Å². The molecule has 0 saturated carbocycles. The predicted molar refractivity (Wildman–Crippen MR) is 282 cm³/mol. The van der Waals surface area contributed by atoms with Gasteiger partial charge in [-0.15, -0.1) is 5.06 Å². The highest BCUT2D eigenvalue weighted by atomic mass is 35.5. The van der Waals surface area contributed by atoms with Gasteiger partial charge in [0.2, 0.25) is 5.91 Å². The molecular formula is C55H74ClN5O19. The van der Waals surface area contributed by atoms with Gasteiger partial charge in [0.25, 0.3) is 11.8 Å². The molecule has 0 radical (unpaired) electrons. The monoisotopic (exact) mass is 1140 g/mol. The number of ether oxygens (including phenoxy) is 8. The Labute approximate surface area is 469 Å². The second-order valence-corrected chi connectivity index (χ2v) is 21.4. The summed E-state index contributed by atoms with van der Waals surface area (Å²) in [7, 11) is 7.23. The molecule has 80 heavy (non-hydrogen) atoms. The van der Waals surface area contributed by atoms with Gasteiger partial charge in [0.1, 0.15) is 60.8 Å². The van der Waals surface area contributed by atoms with Gasteiger partial charge in [-0.05, 0) is 76.1 Å². The van der Waals surface area contributed by atoms with Crippen molar-refractivity contribution in [2.45, 2.75) is 152 Å². The van der Waals surface area contributed by atoms with Crippen LogP contribution in [-0.2, 0) is 79.6 Å². The summed E-state index contributed by atoms with van der Waals surface area (Å²) < 4.78 is 45.9. The number of imide groups is 1. The number of aliphatic hydroxyl groups is 1. The molecule has 2 aliphatic carbocycles. The lowest BCUT2D eigenvalue weighted by molar-refractivity contribution is -0.201. The van der Waals surface area contributed by atoms with E-state index in [-0.39, 0.29) is 75.1 Å². The van der Waals surface area contributed by atoms with Gasteiger partial charge in [0.05, 0.1) is 30.8 Å². The van der Waals surface area contributed by atoms with E-state index in [0.717, 1.165) is 16.0 Å². The van der Waals surface area contributed by atoms with Gasteiger partial charge in [-0.3, -0.25) is 24.5 Å². The van der Waals surface area contributed by atoms with Crippen LogP contribution in [0.15, 0.2) is 48.1 Å². The molecule has 0 aromatic heterocycles. The van der Waals surface area contributed by atoms with Crippen LogP contribution in [0.1, 0.15) is 96.6 Å². The average molecular weight is 1140 g/mol. The molecule has 5 aliphatic rings. The third-order valence-electron chi connectivity index (χ3n) is 14.9. The van der Waals surface area contributed by atoms with Crippen molar-refractivity contribution < 1.29 is 91.0 Å². The Bertz CT molecular complexity index is 2580. The van der Waals surface area contributed by atoms with Crippen LogP contribution < -0.4 is 10.1 Å². The number of hydrogen-bond donors (Lipinski definition) is 2. The number of halogens is 1. The number of allylic oxidation sites excluding steroid dienone is 3. The number of ketones is 1. The molecule has 3 aliphatic heterocycles. The number of fused-ring (bicyclic) bond motifs is 5. The molecule has 24 nitrogen and oxygen atoms in total. The predicted octanol–water partition coefficient (Wildman–Crippen LogP) is 4.68. The molecule has 2 N–H and O–H groups in total. The third-order valence-corrected chi connectivity index (χ3v) is 15.3. The molecule has 3 heterocycles. The summed E-state index contributed by atoms with van der Waals surface area (Å²) in [5.41, 5.74) is -1.01. The summed E-state index contributed by atoms with van der Waals surface area (Å²) in [4.78, 5) is 125. The number of carbonyl (C=O) groups is 9. The standard InChI is InChI=1S/C55H74ClN5O19/c1-32-13-10-18-42(73-9)55(71)30-41(77-51(68)57-55)33(2)49-54(4,79-49)43(29-37(62)28-36-26-35(25-32)27-40(72-8)48(36)56)78-50(67)34(3)60(7)44(63)21-24-74-52(69)58(5)22-23-59(6)53(70)76-39-16-11-14-38(15-12-17-39)75-31-47(66)80-61-45(64)19-20-46(61)65/h10-11,13,16,18,26-27,33-34,38-39,41-43,49,71H,12,14-15,17,19-25,28-31H2,1-9H3,(H,57,68)/b16-11+,18-10+,32-13+/t33-,34+,38?,39?,41+,42-,43+,49+,54+,55+/m1/s1. The number of alkyl carbamates (subject to hydrolysis) is 1. The molecule has 4 bridgehead atoms. The normalized spacial score (nSPS) is 28.9. The summed E-state index contributed by atoms with van der Waals surface area (Å²) in [6, 6.07) is 2.39. The van der Waals surface area contributed by atoms with Crippen molar-refractivity contribution in [3.05, 3.63) is 64.2 Å². The summed E-state index contributed by atoms with van der Waals surface area (Å²) in [6.45, 7) is 6.11. The Hall–Kier alpha value is -6.60. The van der Waals surface area contributed by atoms with Crippen molar-refractivity contribution in [2.75, 3.05) is 61.7 Å². The van der Waals surface area contributed by atoms with Crippen molar-refractivity contribution in [1.29, 1.82) is 0 Å². The van der Waals surface area contributed by atoms with Gasteiger partial charge in [-0.1, -0.05) is 54.5 Å². The molecule has 1 aromatic carbocycles. The van der Waals surface area contributed by atoms with E-state index in [0.29, 0.717) is 48.5 Å². The lowest BCUT2D eigenvalue weighted by Gasteiger charge is -2.42. The fourth-order valence-corrected chi connectivity index (χ4v) is 10.1. The lowest BCUT2D eigenvalue weighted by atomic mass is 9.83. The maximum absolute atomic E-state index is 14.1. The zero-order valence-corrected chi connectivity index (χ0v) is 47.5. The molecule has 440 valence electrons. The van der Waals surface area contributed by atoms with Crippen LogP contribution in [0.3, 0.4) is 0 Å². The second-order valence-electron chi connectivity index (χ2n) is 21.0. The molecule has 6 rings (SSSR count). The number of amides is 6. The number of likely N-dealkylation sites (N-methyl/N-ethyl adjacent to an activating group) is 3. The topological polar surface area (TPSA) is 285 Å². The summed E-state index contributed by atoms with van der Waals surface area (Å²) >= 11 is 6.76. The molecule has 2 unspecified atom stereocenters. The molecule has 3 fully saturated rings. The first kappa shape index (κ1) is 62.6. The molecule has 0 spiro atoms. The first-order valence-electron chi connectivity index (χ1n) is 26.6. The molecular weight excluding hydrogens is 1070 g/mol. The highest BCUT2D eigenvalue weighted by Gasteiger charge is 2.64. The fraction of sp³-hybridized carbons (Fsp3) is 0.618. The van der Waals surface area contributed by atoms with Gasteiger partial charge in [0, 0.05) is 79.4 Å². The van der Waals surface area contributed by atoms with E-state index in [1.165, 1.54) is 52.1 Å². The van der Waals surface area contributed by atoms with E-state index in [1.807, 2.05) is 19.1 Å². The highest BCUT2D eigenvalue weighted by Crippen LogP contribution is 2.49. The number of carbonyl (C=O) groups excluding carboxylic acids is 9. The van der Waals surface area contributed by atoms with Gasteiger partial charge >= 0.3 is 30.2 Å². The van der Waals surface area contributed by atoms with Crippen molar-refractivity contribution in [1.82, 2.24) is 25.1 Å². The maximum Gasteiger partial charge on any atom is 0.410 e. The fourth-order valence-electron chi connectivity index (χ4n) is 9.82. The Morgan fingerprint density at radius 3 is 2.35 bits per heavy atom. The zero-order valence-electron chi connectivity index (χ0n) is 46.7. The van der Waals surface area contributed by atoms with Crippen molar-refractivity contribution >= 4 is 65.3 Å². The number of nitrogens with one attached hydrogen (secondary N) is 1. The SMILES string of the molecule is COc1cc2cc(c1Cl)CC(=O)C[C@H](OC(=O)[C@H](C)N(C)C(=O)CCOC(=O)N(C)CCN(C)C(=O)OC1/C=C/CC(OCC(=O)ON3C(=O)CCC3=O)CCC1)[C@]1(C)O[C@H]1[C@H](C)[C@@H]1C[C@@](O)(NC(=O)O1)[C@H](OC)/C=C/C=C(\C)C2. The number of esters is 1. The maximum atomic E-state index is 14.1. The zero-order chi connectivity index (χ0) is 58.6. The van der Waals surface area contributed by atoms with E-state index < -0.39 is 108 Å². The number of benzene rings is 1. The molecule has 6 amide bonds. The smallest absolute Gasteiger partial charge is 0.410 e. The van der Waals surface area contributed by atoms with Crippen LogP contribution in [0.5, 0.6) is 5.75 Å². The van der Waals surface area contributed by atoms with E-state index in [4.69, 9.17) is 54.3 Å². The van der Waals surface area contributed by atoms with Crippen LogP contribution in [0, 0.1) is 5.92 Å². The molecule has 10 atom stereocenters. The van der Waals surface area contributed by atoms with Crippen LogP contribution in [0.4, 0.5) is 14.4 Å². The molecule has 1 aromatic rings. The minimum atomic E-state index is -1.89. The number of Topliss-reactive ketones (excluding diaryl/α,β-unsaturated/α-hetero) is 1. The largest absolute Gasteiger partial charge is 0.495 e. The van der Waals surface area contributed by atoms with Crippen LogP contribution in [0.25, 0.3) is 0 Å². The van der Waals surface area contributed by atoms with E-state index in [1.54, 1.807) is 44.2 Å². The van der Waals surface area contributed by atoms with Crippen molar-refractivity contribution in [3.63, 3.8) is 0 Å². The van der Waals surface area contributed by atoms with E-state index in [9.17, 15) is 48.3 Å². The minimum Gasteiger partial charge on any atom is -0.495 e. The van der Waals surface area contributed by atoms with Gasteiger partial charge in [-0.25, -0.2) is 24.0 Å². The van der Waals surface area contributed by atoms with Crippen molar-refractivity contribution in [3.8, 4) is 5.75 Å². The highest BCUT2D eigenvalue weighted by molar-refractivity contribution is 6.33. The number of nitrogens with zero attached hydrogens (tertiary/aromatic N) is 4. The Balaban J connectivity index is 0.997. The van der Waals surface area contributed by atoms with E-state index in [2.05, 4.69) is 5.32 Å². The van der Waals surface area contributed by atoms with E-state index >= 15 is 0 Å². The quantitative estimate of drug-likeness (QED) is 0.0747. The summed E-state index contributed by atoms with van der Waals surface area (Å²) in [5.74, 6) is -4.05. The van der Waals surface area contributed by atoms with Crippen LogP contribution >= 0.6 is 11.6 Å². The minimum absolute atomic E-state index is 0.0152. The van der Waals surface area contributed by atoms with Gasteiger partial charge in [0.15, 0.2) is 5.72 Å². The lowest BCUT2D eigenvalue weighted by Crippen LogP contribution is -2.63. The Morgan fingerprint density at radius 1 is 0.963 bits per heavy atom. The Kier molecular flexibility index (Phi) is 21.7. The molecule has 25 heteroatoms. The number of rotatable bonds is 16. The summed E-state index contributed by atoms with van der Waals surface area (Å²) in [5, 5.41) is 15.0. The number of hydrogen-bond acceptors (Lipinski definition) is 19. The van der Waals surface area contributed by atoms with Crippen LogP contribution in [0.2, 0.25) is 5.02 Å². The van der Waals surface area contributed by atoms with Gasteiger partial charge < -0.3 is 62.5 Å². The third kappa shape index (κ3) is 16.3. The number of hydroxylamine groups is 2.